The van der Waals surface area contributed by atoms with Gasteiger partial charge in [0.25, 0.3) is 0 Å². The van der Waals surface area contributed by atoms with Crippen molar-refractivity contribution >= 4 is 17.5 Å². The number of halogens is 1. The van der Waals surface area contributed by atoms with Crippen molar-refractivity contribution in [3.05, 3.63) is 41.9 Å². The highest BCUT2D eigenvalue weighted by atomic mass is 32.2. The Bertz CT molecular complexity index is 443. The Morgan fingerprint density at radius 3 is 3.06 bits per heavy atom. The molecule has 2 nitrogen and oxygen atoms in total. The summed E-state index contributed by atoms with van der Waals surface area (Å²) in [4.78, 5) is 12.5. The first-order chi connectivity index (χ1) is 8.25. The molecule has 90 valence electrons. The molecule has 0 amide bonds. The summed E-state index contributed by atoms with van der Waals surface area (Å²) < 4.78 is 18.2. The van der Waals surface area contributed by atoms with E-state index in [2.05, 4.69) is 0 Å². The van der Waals surface area contributed by atoms with Gasteiger partial charge in [-0.2, -0.15) is 0 Å². The molecule has 0 radical (unpaired) electrons. The fourth-order valence-corrected chi connectivity index (χ4v) is 2.34. The van der Waals surface area contributed by atoms with Gasteiger partial charge < -0.3 is 4.74 Å². The first-order valence-corrected chi connectivity index (χ1v) is 6.49. The molecule has 0 saturated heterocycles. The molecule has 0 fully saturated rings. The van der Waals surface area contributed by atoms with Crippen LogP contribution in [0.5, 0.6) is 0 Å². The highest BCUT2D eigenvalue weighted by molar-refractivity contribution is 8.00. The predicted octanol–water partition coefficient (Wildman–Crippen LogP) is 3.18. The zero-order chi connectivity index (χ0) is 12.1. The van der Waals surface area contributed by atoms with Crippen LogP contribution < -0.4 is 0 Å². The maximum Gasteiger partial charge on any atom is 0.207 e. The normalized spacial score (nSPS) is 15.0. The lowest BCUT2D eigenvalue weighted by molar-refractivity contribution is -0.116. The average Bonchev–Trinajstić information content (AvgIpc) is 2.37. The van der Waals surface area contributed by atoms with E-state index in [0.717, 1.165) is 17.7 Å². The summed E-state index contributed by atoms with van der Waals surface area (Å²) >= 11 is 1.33. The van der Waals surface area contributed by atoms with E-state index in [1.54, 1.807) is 12.1 Å². The zero-order valence-electron chi connectivity index (χ0n) is 9.32. The van der Waals surface area contributed by atoms with E-state index in [1.807, 2.05) is 6.08 Å². The number of thioether (sulfide) groups is 1. The summed E-state index contributed by atoms with van der Waals surface area (Å²) in [6.45, 7) is 0.613. The van der Waals surface area contributed by atoms with Crippen LogP contribution in [-0.2, 0) is 9.53 Å². The summed E-state index contributed by atoms with van der Waals surface area (Å²) in [5.41, 5.74) is 0. The molecule has 1 aliphatic heterocycles. The van der Waals surface area contributed by atoms with Gasteiger partial charge in [0, 0.05) is 4.90 Å². The smallest absolute Gasteiger partial charge is 0.207 e. The van der Waals surface area contributed by atoms with E-state index in [9.17, 15) is 9.18 Å². The number of hydrogen-bond donors (Lipinski definition) is 0. The van der Waals surface area contributed by atoms with E-state index in [0.29, 0.717) is 12.4 Å². The quantitative estimate of drug-likeness (QED) is 0.770. The fraction of sp³-hybridized carbons (Fsp3) is 0.308. The Morgan fingerprint density at radius 2 is 2.35 bits per heavy atom. The lowest BCUT2D eigenvalue weighted by Gasteiger charge is -2.13. The molecule has 1 aliphatic rings. The Morgan fingerprint density at radius 1 is 1.47 bits per heavy atom. The van der Waals surface area contributed by atoms with E-state index in [4.69, 9.17) is 4.74 Å². The van der Waals surface area contributed by atoms with Crippen LogP contribution in [0.3, 0.4) is 0 Å². The van der Waals surface area contributed by atoms with Gasteiger partial charge in [-0.3, -0.25) is 4.79 Å². The summed E-state index contributed by atoms with van der Waals surface area (Å²) in [6, 6.07) is 6.24. The van der Waals surface area contributed by atoms with Gasteiger partial charge in [-0.1, -0.05) is 6.07 Å². The molecule has 4 heteroatoms. The molecule has 0 saturated carbocycles. The van der Waals surface area contributed by atoms with Gasteiger partial charge in [0.1, 0.15) is 5.82 Å². The molecule has 1 aromatic rings. The molecule has 0 aliphatic carbocycles. The number of hydrogen-bond acceptors (Lipinski definition) is 3. The Balaban J connectivity index is 1.89. The van der Waals surface area contributed by atoms with Gasteiger partial charge in [0.15, 0.2) is 5.76 Å². The van der Waals surface area contributed by atoms with Crippen LogP contribution in [0.4, 0.5) is 4.39 Å². The topological polar surface area (TPSA) is 26.3 Å². The van der Waals surface area contributed by atoms with Crippen molar-refractivity contribution in [2.75, 3.05) is 12.4 Å². The number of carbonyl (C=O) groups excluding carboxylic acids is 1. The fourth-order valence-electron chi connectivity index (χ4n) is 1.53. The Kier molecular flexibility index (Phi) is 4.20. The second-order valence-electron chi connectivity index (χ2n) is 3.73. The lowest BCUT2D eigenvalue weighted by Crippen LogP contribution is -2.12. The largest absolute Gasteiger partial charge is 0.490 e. The number of benzene rings is 1. The maximum atomic E-state index is 12.9. The molecule has 1 aromatic carbocycles. The van der Waals surface area contributed by atoms with Gasteiger partial charge in [0.2, 0.25) is 5.78 Å². The summed E-state index contributed by atoms with van der Waals surface area (Å²) in [5, 5.41) is 0. The maximum absolute atomic E-state index is 12.9. The van der Waals surface area contributed by atoms with Crippen molar-refractivity contribution in [3.8, 4) is 0 Å². The highest BCUT2D eigenvalue weighted by Crippen LogP contribution is 2.21. The zero-order valence-corrected chi connectivity index (χ0v) is 10.1. The SMILES string of the molecule is O=C(CSc1cccc(F)c1)C1=CCCCO1. The van der Waals surface area contributed by atoms with Crippen LogP contribution in [0.1, 0.15) is 12.8 Å². The minimum Gasteiger partial charge on any atom is -0.490 e. The first-order valence-electron chi connectivity index (χ1n) is 5.50. The van der Waals surface area contributed by atoms with Crippen LogP contribution in [0.15, 0.2) is 41.0 Å². The molecular formula is C13H13FO2S. The number of allylic oxidation sites excluding steroid dienone is 2. The molecular weight excluding hydrogens is 239 g/mol. The van der Waals surface area contributed by atoms with Crippen molar-refractivity contribution in [1.82, 2.24) is 0 Å². The standard InChI is InChI=1S/C13H13FO2S/c14-10-4-3-5-11(8-10)17-9-12(15)13-6-1-2-7-16-13/h3-6,8H,1-2,7,9H2. The number of ether oxygens (including phenoxy) is 1. The van der Waals surface area contributed by atoms with Crippen molar-refractivity contribution in [3.63, 3.8) is 0 Å². The van der Waals surface area contributed by atoms with Crippen LogP contribution in [0, 0.1) is 5.82 Å². The minimum absolute atomic E-state index is 0.0287. The van der Waals surface area contributed by atoms with Crippen molar-refractivity contribution in [2.45, 2.75) is 17.7 Å². The molecule has 0 aromatic heterocycles. The molecule has 0 N–H and O–H groups in total. The van der Waals surface area contributed by atoms with Gasteiger partial charge >= 0.3 is 0 Å². The first kappa shape index (κ1) is 12.2. The lowest BCUT2D eigenvalue weighted by atomic mass is 10.2. The molecule has 1 heterocycles. The monoisotopic (exact) mass is 252 g/mol. The summed E-state index contributed by atoms with van der Waals surface area (Å²) in [5.74, 6) is 0.435. The van der Waals surface area contributed by atoms with Gasteiger partial charge in [-0.05, 0) is 37.1 Å². The predicted molar refractivity (Wildman–Crippen MR) is 65.4 cm³/mol. The minimum atomic E-state index is -0.282. The second-order valence-corrected chi connectivity index (χ2v) is 4.78. The molecule has 0 spiro atoms. The molecule has 0 unspecified atom stereocenters. The van der Waals surface area contributed by atoms with Crippen molar-refractivity contribution in [2.24, 2.45) is 0 Å². The van der Waals surface area contributed by atoms with Crippen LogP contribution in [0.2, 0.25) is 0 Å². The number of Topliss-reactive ketones (excluding diaryl/α,β-unsaturated/α-hetero) is 1. The van der Waals surface area contributed by atoms with Gasteiger partial charge in [-0.25, -0.2) is 4.39 Å². The van der Waals surface area contributed by atoms with E-state index >= 15 is 0 Å². The third-order valence-corrected chi connectivity index (χ3v) is 3.37. The van der Waals surface area contributed by atoms with Crippen LogP contribution >= 0.6 is 11.8 Å². The highest BCUT2D eigenvalue weighted by Gasteiger charge is 2.14. The van der Waals surface area contributed by atoms with E-state index in [1.165, 1.54) is 23.9 Å². The molecule has 0 atom stereocenters. The van der Waals surface area contributed by atoms with Crippen LogP contribution in [0.25, 0.3) is 0 Å². The van der Waals surface area contributed by atoms with Crippen LogP contribution in [-0.4, -0.2) is 18.1 Å². The van der Waals surface area contributed by atoms with Crippen molar-refractivity contribution < 1.29 is 13.9 Å². The number of ketones is 1. The number of carbonyl (C=O) groups is 1. The molecule has 0 bridgehead atoms. The Hall–Kier alpha value is -1.29. The number of rotatable bonds is 4. The van der Waals surface area contributed by atoms with E-state index in [-0.39, 0.29) is 17.4 Å². The Labute approximate surface area is 104 Å². The second kappa shape index (κ2) is 5.87. The van der Waals surface area contributed by atoms with Gasteiger partial charge in [-0.15, -0.1) is 11.8 Å². The van der Waals surface area contributed by atoms with Crippen molar-refractivity contribution in [1.29, 1.82) is 0 Å². The third kappa shape index (κ3) is 3.60. The molecule has 17 heavy (non-hydrogen) atoms. The van der Waals surface area contributed by atoms with E-state index < -0.39 is 0 Å². The van der Waals surface area contributed by atoms with Gasteiger partial charge in [0.05, 0.1) is 12.4 Å². The third-order valence-electron chi connectivity index (χ3n) is 2.38. The summed E-state index contributed by atoms with van der Waals surface area (Å²) in [6.07, 6.45) is 3.69. The average molecular weight is 252 g/mol. The molecule has 2 rings (SSSR count). The summed E-state index contributed by atoms with van der Waals surface area (Å²) in [7, 11) is 0.